The molecule has 1 aromatic heterocycles. The van der Waals surface area contributed by atoms with E-state index in [2.05, 4.69) is 30.3 Å². The molecule has 1 aliphatic rings. The summed E-state index contributed by atoms with van der Waals surface area (Å²) in [5, 5.41) is 18.4. The summed E-state index contributed by atoms with van der Waals surface area (Å²) in [4.78, 5) is 32.3. The van der Waals surface area contributed by atoms with Crippen LogP contribution in [0.25, 0.3) is 22.6 Å². The number of para-hydroxylation sites is 1. The minimum Gasteiger partial charge on any atom is -0.452 e. The summed E-state index contributed by atoms with van der Waals surface area (Å²) >= 11 is 0. The fourth-order valence-corrected chi connectivity index (χ4v) is 4.40. The number of benzene rings is 2. The van der Waals surface area contributed by atoms with Gasteiger partial charge in [-0.15, -0.1) is 0 Å². The first-order valence-corrected chi connectivity index (χ1v) is 11.9. The van der Waals surface area contributed by atoms with Crippen molar-refractivity contribution in [2.45, 2.75) is 32.6 Å². The Kier molecular flexibility index (Phi) is 7.72. The van der Waals surface area contributed by atoms with E-state index in [1.165, 1.54) is 10.5 Å². The summed E-state index contributed by atoms with van der Waals surface area (Å²) in [6.45, 7) is 1.97. The first-order chi connectivity index (χ1) is 17.5. The molecule has 4 rings (SSSR count). The van der Waals surface area contributed by atoms with Crippen LogP contribution in [0.5, 0.6) is 0 Å². The predicted molar refractivity (Wildman–Crippen MR) is 136 cm³/mol. The van der Waals surface area contributed by atoms with Crippen LogP contribution in [0.3, 0.4) is 0 Å². The number of carbonyl (C=O) groups is 2. The van der Waals surface area contributed by atoms with Crippen LogP contribution in [0.15, 0.2) is 48.5 Å². The average molecular weight is 479 g/mol. The summed E-state index contributed by atoms with van der Waals surface area (Å²) < 4.78 is 5.49. The van der Waals surface area contributed by atoms with Crippen LogP contribution in [0.4, 0.5) is 0 Å². The van der Waals surface area contributed by atoms with Crippen molar-refractivity contribution in [1.29, 1.82) is 10.5 Å². The number of aryl methyl sites for hydroxylation is 1. The molecule has 0 aliphatic heterocycles. The van der Waals surface area contributed by atoms with Crippen molar-refractivity contribution in [3.8, 4) is 12.1 Å². The number of hydrogen-bond acceptors (Lipinski definition) is 6. The molecule has 0 unspecified atom stereocenters. The third-order valence-corrected chi connectivity index (χ3v) is 6.23. The highest BCUT2D eigenvalue weighted by Gasteiger charge is 2.28. The lowest BCUT2D eigenvalue weighted by Crippen LogP contribution is -2.36. The molecule has 180 valence electrons. The maximum Gasteiger partial charge on any atom is 0.339 e. The van der Waals surface area contributed by atoms with E-state index in [1.54, 1.807) is 0 Å². The highest BCUT2D eigenvalue weighted by Crippen LogP contribution is 2.37. The third-order valence-electron chi connectivity index (χ3n) is 6.23. The summed E-state index contributed by atoms with van der Waals surface area (Å²) in [5.41, 5.74) is 6.07. The molecule has 0 N–H and O–H groups in total. The number of hydrogen-bond donors (Lipinski definition) is 0. The lowest BCUT2D eigenvalue weighted by molar-refractivity contribution is -0.134. The molecule has 0 atom stereocenters. The maximum absolute atomic E-state index is 13.3. The molecule has 0 saturated heterocycles. The van der Waals surface area contributed by atoms with Crippen LogP contribution in [-0.4, -0.2) is 41.5 Å². The van der Waals surface area contributed by atoms with E-state index in [0.717, 1.165) is 28.8 Å². The van der Waals surface area contributed by atoms with Gasteiger partial charge in [0.1, 0.15) is 0 Å². The molecule has 0 bridgehead atoms. The summed E-state index contributed by atoms with van der Waals surface area (Å²) in [6, 6.07) is 19.7. The molecular weight excluding hydrogens is 452 g/mol. The summed E-state index contributed by atoms with van der Waals surface area (Å²) in [7, 11) is 0. The molecule has 0 fully saturated rings. The second kappa shape index (κ2) is 11.3. The van der Waals surface area contributed by atoms with E-state index in [-0.39, 0.29) is 25.9 Å². The number of rotatable bonds is 8. The molecule has 0 spiro atoms. The Bertz CT molecular complexity index is 1390. The number of allylic oxidation sites excluding steroid dienone is 1. The number of amides is 1. The van der Waals surface area contributed by atoms with E-state index in [1.807, 2.05) is 43.3 Å². The standard InChI is InChI=1S/C29H26N4O3/c1-20-8-10-21(11-9-20)18-22-12-13-24-27(23-6-2-3-7-25(23)32-28(22)24)29(35)36-19-26(34)33(16-4-14-30)17-5-15-31/h2-3,6-11,18H,4-5,12-13,16-17,19H2,1H3/b22-18+. The van der Waals surface area contributed by atoms with Gasteiger partial charge in [0.05, 0.1) is 41.8 Å². The Hall–Kier alpha value is -4.49. The van der Waals surface area contributed by atoms with Gasteiger partial charge in [-0.3, -0.25) is 4.79 Å². The third kappa shape index (κ3) is 5.42. The van der Waals surface area contributed by atoms with Crippen molar-refractivity contribution in [3.05, 3.63) is 76.5 Å². The number of carbonyl (C=O) groups excluding carboxylic acids is 2. The number of nitriles is 2. The lowest BCUT2D eigenvalue weighted by atomic mass is 10.0. The van der Waals surface area contributed by atoms with Crippen LogP contribution in [0.1, 0.15) is 52.0 Å². The van der Waals surface area contributed by atoms with E-state index >= 15 is 0 Å². The highest BCUT2D eigenvalue weighted by atomic mass is 16.5. The first-order valence-electron chi connectivity index (χ1n) is 11.9. The zero-order valence-corrected chi connectivity index (χ0v) is 20.2. The Morgan fingerprint density at radius 2 is 1.72 bits per heavy atom. The second-order valence-corrected chi connectivity index (χ2v) is 8.68. The first kappa shape index (κ1) is 24.6. The van der Waals surface area contributed by atoms with E-state index in [0.29, 0.717) is 22.9 Å². The molecule has 7 heteroatoms. The average Bonchev–Trinajstić information content (AvgIpc) is 3.28. The van der Waals surface area contributed by atoms with Crippen molar-refractivity contribution < 1.29 is 14.3 Å². The Morgan fingerprint density at radius 3 is 2.42 bits per heavy atom. The van der Waals surface area contributed by atoms with E-state index in [9.17, 15) is 9.59 Å². The Labute approximate surface area is 210 Å². The molecule has 7 nitrogen and oxygen atoms in total. The van der Waals surface area contributed by atoms with Crippen LogP contribution < -0.4 is 0 Å². The van der Waals surface area contributed by atoms with Crippen molar-refractivity contribution >= 4 is 34.4 Å². The fraction of sp³-hybridized carbons (Fsp3) is 0.276. The highest BCUT2D eigenvalue weighted by molar-refractivity contribution is 6.07. The Balaban J connectivity index is 1.63. The minimum absolute atomic E-state index is 0.143. The number of esters is 1. The van der Waals surface area contributed by atoms with Gasteiger partial charge in [-0.2, -0.15) is 10.5 Å². The zero-order chi connectivity index (χ0) is 25.5. The van der Waals surface area contributed by atoms with Gasteiger partial charge in [0.15, 0.2) is 6.61 Å². The number of aromatic nitrogens is 1. The normalized spacial score (nSPS) is 13.1. The largest absolute Gasteiger partial charge is 0.452 e. The number of pyridine rings is 1. The summed E-state index contributed by atoms with van der Waals surface area (Å²) in [6.07, 6.45) is 3.79. The predicted octanol–water partition coefficient (Wildman–Crippen LogP) is 4.84. The maximum atomic E-state index is 13.3. The van der Waals surface area contributed by atoms with Gasteiger partial charge in [-0.05, 0) is 48.6 Å². The molecule has 1 amide bonds. The van der Waals surface area contributed by atoms with Crippen molar-refractivity contribution in [1.82, 2.24) is 9.88 Å². The molecule has 2 aromatic carbocycles. The van der Waals surface area contributed by atoms with E-state index in [4.69, 9.17) is 20.2 Å². The smallest absolute Gasteiger partial charge is 0.339 e. The molecule has 0 radical (unpaired) electrons. The number of fused-ring (bicyclic) bond motifs is 2. The van der Waals surface area contributed by atoms with Crippen molar-refractivity contribution in [3.63, 3.8) is 0 Å². The minimum atomic E-state index is -0.574. The van der Waals surface area contributed by atoms with Gasteiger partial charge < -0.3 is 9.64 Å². The van der Waals surface area contributed by atoms with Crippen molar-refractivity contribution in [2.75, 3.05) is 19.7 Å². The molecule has 3 aromatic rings. The molecule has 1 aliphatic carbocycles. The molecule has 36 heavy (non-hydrogen) atoms. The second-order valence-electron chi connectivity index (χ2n) is 8.68. The van der Waals surface area contributed by atoms with Crippen LogP contribution in [0, 0.1) is 29.6 Å². The monoisotopic (exact) mass is 478 g/mol. The van der Waals surface area contributed by atoms with Gasteiger partial charge in [-0.1, -0.05) is 48.0 Å². The van der Waals surface area contributed by atoms with Gasteiger partial charge >= 0.3 is 5.97 Å². The number of nitrogens with zero attached hydrogens (tertiary/aromatic N) is 4. The van der Waals surface area contributed by atoms with Gasteiger partial charge in [0.2, 0.25) is 0 Å². The SMILES string of the molecule is Cc1ccc(/C=C2\CCc3c2nc2ccccc2c3C(=O)OCC(=O)N(CCC#N)CCC#N)cc1. The van der Waals surface area contributed by atoms with E-state index < -0.39 is 18.5 Å². The van der Waals surface area contributed by atoms with Gasteiger partial charge in [0.25, 0.3) is 5.91 Å². The van der Waals surface area contributed by atoms with Gasteiger partial charge in [0, 0.05) is 18.5 Å². The topological polar surface area (TPSA) is 107 Å². The van der Waals surface area contributed by atoms with Crippen LogP contribution >= 0.6 is 0 Å². The van der Waals surface area contributed by atoms with Crippen LogP contribution in [-0.2, 0) is 16.0 Å². The fourth-order valence-electron chi connectivity index (χ4n) is 4.40. The molecule has 0 saturated carbocycles. The Morgan fingerprint density at radius 1 is 1.03 bits per heavy atom. The number of ether oxygens (including phenoxy) is 1. The lowest BCUT2D eigenvalue weighted by Gasteiger charge is -2.20. The molecular formula is C29H26N4O3. The quantitative estimate of drug-likeness (QED) is 0.429. The van der Waals surface area contributed by atoms with Crippen molar-refractivity contribution in [2.24, 2.45) is 0 Å². The summed E-state index contributed by atoms with van der Waals surface area (Å²) in [5.74, 6) is -1.00. The van der Waals surface area contributed by atoms with Gasteiger partial charge in [-0.25, -0.2) is 9.78 Å². The van der Waals surface area contributed by atoms with Crippen LogP contribution in [0.2, 0.25) is 0 Å². The molecule has 1 heterocycles. The zero-order valence-electron chi connectivity index (χ0n) is 20.2.